The molecule has 1 aliphatic rings. The summed E-state index contributed by atoms with van der Waals surface area (Å²) in [7, 11) is 4.37. The number of nitrogens with zero attached hydrogens (tertiary/aromatic N) is 1. The van der Waals surface area contributed by atoms with Gasteiger partial charge in [0.1, 0.15) is 18.0 Å². The summed E-state index contributed by atoms with van der Waals surface area (Å²) < 4.78 is 15.3. The molecule has 0 aromatic heterocycles. The number of hydrogen-bond acceptors (Lipinski definition) is 6. The lowest BCUT2D eigenvalue weighted by atomic mass is 9.89. The number of nitrogens with one attached hydrogen (secondary N) is 1. The van der Waals surface area contributed by atoms with Crippen LogP contribution in [0, 0.1) is 5.92 Å². The lowest BCUT2D eigenvalue weighted by Crippen LogP contribution is -2.37. The molecule has 8 heteroatoms. The molecule has 170 valence electrons. The standard InChI is InChI=1S/C24H28N2O6/c1-30-19-10-16(11-20(13-19)31-2)14-26(15-23(28)32-3)22(27)9-8-18-12-17-6-4-5-7-21(17)25-24(18)29/h4-7,10-11,13,18H,8-9,12,14-15H2,1-3H3,(H,25,29). The number of hydrogen-bond donors (Lipinski definition) is 1. The Labute approximate surface area is 187 Å². The molecule has 0 fully saturated rings. The van der Waals surface area contributed by atoms with E-state index in [2.05, 4.69) is 5.32 Å². The van der Waals surface area contributed by atoms with Crippen molar-refractivity contribution in [3.8, 4) is 11.5 Å². The van der Waals surface area contributed by atoms with Gasteiger partial charge in [0, 0.05) is 30.6 Å². The summed E-state index contributed by atoms with van der Waals surface area (Å²) in [5, 5.41) is 2.90. The van der Waals surface area contributed by atoms with Gasteiger partial charge in [0.05, 0.1) is 21.3 Å². The first-order valence-corrected chi connectivity index (χ1v) is 10.4. The Kier molecular flexibility index (Phi) is 7.70. The highest BCUT2D eigenvalue weighted by Gasteiger charge is 2.27. The zero-order chi connectivity index (χ0) is 23.1. The van der Waals surface area contributed by atoms with E-state index in [9.17, 15) is 14.4 Å². The smallest absolute Gasteiger partial charge is 0.325 e. The van der Waals surface area contributed by atoms with Gasteiger partial charge in [-0.25, -0.2) is 0 Å². The van der Waals surface area contributed by atoms with Crippen LogP contribution in [0.15, 0.2) is 42.5 Å². The van der Waals surface area contributed by atoms with E-state index in [-0.39, 0.29) is 37.2 Å². The normalized spacial score (nSPS) is 14.7. The van der Waals surface area contributed by atoms with Crippen molar-refractivity contribution >= 4 is 23.5 Å². The predicted octanol–water partition coefficient (Wildman–Crippen LogP) is 2.80. The Morgan fingerprint density at radius 3 is 2.41 bits per heavy atom. The highest BCUT2D eigenvalue weighted by molar-refractivity contribution is 5.96. The second kappa shape index (κ2) is 10.7. The monoisotopic (exact) mass is 440 g/mol. The third kappa shape index (κ3) is 5.78. The number of fused-ring (bicyclic) bond motifs is 1. The van der Waals surface area contributed by atoms with E-state index >= 15 is 0 Å². The molecule has 32 heavy (non-hydrogen) atoms. The minimum absolute atomic E-state index is 0.0893. The molecule has 2 aromatic carbocycles. The number of esters is 1. The van der Waals surface area contributed by atoms with E-state index in [1.54, 1.807) is 32.4 Å². The summed E-state index contributed by atoms with van der Waals surface area (Å²) in [6.07, 6.45) is 1.11. The Morgan fingerprint density at radius 1 is 1.06 bits per heavy atom. The van der Waals surface area contributed by atoms with Gasteiger partial charge < -0.3 is 24.4 Å². The fourth-order valence-corrected chi connectivity index (χ4v) is 3.73. The van der Waals surface area contributed by atoms with Gasteiger partial charge >= 0.3 is 5.97 Å². The average Bonchev–Trinajstić information content (AvgIpc) is 2.81. The van der Waals surface area contributed by atoms with Gasteiger partial charge in [-0.05, 0) is 42.2 Å². The molecule has 1 N–H and O–H groups in total. The molecule has 0 radical (unpaired) electrons. The van der Waals surface area contributed by atoms with Crippen LogP contribution in [-0.4, -0.2) is 50.6 Å². The zero-order valence-corrected chi connectivity index (χ0v) is 18.6. The van der Waals surface area contributed by atoms with Gasteiger partial charge in [0.2, 0.25) is 11.8 Å². The predicted molar refractivity (Wildman–Crippen MR) is 118 cm³/mol. The molecular weight excluding hydrogens is 412 g/mol. The second-order valence-electron chi connectivity index (χ2n) is 7.63. The molecule has 1 unspecified atom stereocenters. The van der Waals surface area contributed by atoms with Gasteiger partial charge in [-0.15, -0.1) is 0 Å². The molecule has 3 rings (SSSR count). The van der Waals surface area contributed by atoms with Crippen molar-refractivity contribution in [2.75, 3.05) is 33.2 Å². The third-order valence-corrected chi connectivity index (χ3v) is 5.50. The maximum Gasteiger partial charge on any atom is 0.325 e. The molecule has 2 aromatic rings. The van der Waals surface area contributed by atoms with E-state index in [0.29, 0.717) is 24.3 Å². The fourth-order valence-electron chi connectivity index (χ4n) is 3.73. The molecule has 1 aliphatic heterocycles. The summed E-state index contributed by atoms with van der Waals surface area (Å²) in [6.45, 7) is -0.00422. The third-order valence-electron chi connectivity index (χ3n) is 5.50. The van der Waals surface area contributed by atoms with Crippen LogP contribution >= 0.6 is 0 Å². The Balaban J connectivity index is 1.70. The molecule has 0 spiro atoms. The largest absolute Gasteiger partial charge is 0.497 e. The van der Waals surface area contributed by atoms with E-state index in [4.69, 9.17) is 14.2 Å². The Morgan fingerprint density at radius 2 is 1.75 bits per heavy atom. The number of carbonyl (C=O) groups is 3. The number of amides is 2. The second-order valence-corrected chi connectivity index (χ2v) is 7.63. The van der Waals surface area contributed by atoms with Crippen LogP contribution in [0.1, 0.15) is 24.0 Å². The molecule has 8 nitrogen and oxygen atoms in total. The van der Waals surface area contributed by atoms with Crippen LogP contribution in [0.4, 0.5) is 5.69 Å². The first kappa shape index (κ1) is 23.1. The van der Waals surface area contributed by atoms with Crippen molar-refractivity contribution in [2.24, 2.45) is 5.92 Å². The van der Waals surface area contributed by atoms with Crippen LogP contribution in [-0.2, 0) is 32.1 Å². The number of para-hydroxylation sites is 1. The Hall–Kier alpha value is -3.55. The number of rotatable bonds is 9. The van der Waals surface area contributed by atoms with Crippen LogP contribution in [0.3, 0.4) is 0 Å². The van der Waals surface area contributed by atoms with E-state index in [0.717, 1.165) is 16.8 Å². The first-order chi connectivity index (χ1) is 15.4. The highest BCUT2D eigenvalue weighted by atomic mass is 16.5. The molecule has 2 amide bonds. The summed E-state index contributed by atoms with van der Waals surface area (Å²) in [6, 6.07) is 12.9. The van der Waals surface area contributed by atoms with Gasteiger partial charge in [0.15, 0.2) is 0 Å². The first-order valence-electron chi connectivity index (χ1n) is 10.4. The summed E-state index contributed by atoms with van der Waals surface area (Å²) in [5.74, 6) is 0.0328. The van der Waals surface area contributed by atoms with Crippen molar-refractivity contribution in [3.63, 3.8) is 0 Å². The van der Waals surface area contributed by atoms with E-state index in [1.165, 1.54) is 12.0 Å². The minimum Gasteiger partial charge on any atom is -0.497 e. The summed E-state index contributed by atoms with van der Waals surface area (Å²) in [5.41, 5.74) is 2.63. The van der Waals surface area contributed by atoms with Crippen LogP contribution in [0.2, 0.25) is 0 Å². The number of benzene rings is 2. The topological polar surface area (TPSA) is 94.2 Å². The SMILES string of the molecule is COC(=O)CN(Cc1cc(OC)cc(OC)c1)C(=O)CCC1Cc2ccccc2NC1=O. The Bertz CT molecular complexity index is 968. The number of carbonyl (C=O) groups excluding carboxylic acids is 3. The van der Waals surface area contributed by atoms with Crippen molar-refractivity contribution in [2.45, 2.75) is 25.8 Å². The van der Waals surface area contributed by atoms with Gasteiger partial charge in [-0.3, -0.25) is 14.4 Å². The average molecular weight is 440 g/mol. The quantitative estimate of drug-likeness (QED) is 0.603. The number of ether oxygens (including phenoxy) is 3. The molecular formula is C24H28N2O6. The molecule has 0 aliphatic carbocycles. The molecule has 1 heterocycles. The van der Waals surface area contributed by atoms with Crippen LogP contribution in [0.25, 0.3) is 0 Å². The summed E-state index contributed by atoms with van der Waals surface area (Å²) >= 11 is 0. The van der Waals surface area contributed by atoms with Crippen molar-refractivity contribution in [1.29, 1.82) is 0 Å². The minimum atomic E-state index is -0.516. The van der Waals surface area contributed by atoms with Gasteiger partial charge in [-0.1, -0.05) is 18.2 Å². The van der Waals surface area contributed by atoms with E-state index < -0.39 is 5.97 Å². The highest BCUT2D eigenvalue weighted by Crippen LogP contribution is 2.28. The van der Waals surface area contributed by atoms with Crippen LogP contribution < -0.4 is 14.8 Å². The maximum absolute atomic E-state index is 13.0. The van der Waals surface area contributed by atoms with Crippen molar-refractivity contribution in [3.05, 3.63) is 53.6 Å². The zero-order valence-electron chi connectivity index (χ0n) is 18.6. The molecule has 1 atom stereocenters. The van der Waals surface area contributed by atoms with Gasteiger partial charge in [0.25, 0.3) is 0 Å². The lowest BCUT2D eigenvalue weighted by Gasteiger charge is -2.26. The molecule has 0 saturated heterocycles. The molecule has 0 saturated carbocycles. The maximum atomic E-state index is 13.0. The van der Waals surface area contributed by atoms with Crippen LogP contribution in [0.5, 0.6) is 11.5 Å². The lowest BCUT2D eigenvalue weighted by molar-refractivity contribution is -0.147. The number of methoxy groups -OCH3 is 3. The number of anilines is 1. The van der Waals surface area contributed by atoms with Gasteiger partial charge in [-0.2, -0.15) is 0 Å². The fraction of sp³-hybridized carbons (Fsp3) is 0.375. The van der Waals surface area contributed by atoms with E-state index in [1.807, 2.05) is 24.3 Å². The summed E-state index contributed by atoms with van der Waals surface area (Å²) in [4.78, 5) is 38.8. The van der Waals surface area contributed by atoms with Crippen molar-refractivity contribution < 1.29 is 28.6 Å². The van der Waals surface area contributed by atoms with Crippen molar-refractivity contribution in [1.82, 2.24) is 4.90 Å². The molecule has 0 bridgehead atoms.